The predicted molar refractivity (Wildman–Crippen MR) is 96.1 cm³/mol. The molecule has 1 aliphatic heterocycles. The summed E-state index contributed by atoms with van der Waals surface area (Å²) in [5.74, 6) is 0.627. The fraction of sp³-hybridized carbons (Fsp3) is 0.150. The minimum absolute atomic E-state index is 0.00624. The number of aliphatic hydroxyl groups excluding tert-OH is 1. The number of nitrogens with one attached hydrogen (secondary N) is 1. The number of hydrogen-bond donors (Lipinski definition) is 2. The molecule has 1 aromatic heterocycles. The van der Waals surface area contributed by atoms with Gasteiger partial charge in [-0.15, -0.1) is 0 Å². The topological polar surface area (TPSA) is 56.3 Å². The van der Waals surface area contributed by atoms with Crippen molar-refractivity contribution in [2.24, 2.45) is 0 Å². The van der Waals surface area contributed by atoms with Crippen molar-refractivity contribution in [3.8, 4) is 0 Å². The van der Waals surface area contributed by atoms with E-state index in [9.17, 15) is 9.90 Å². The molecule has 0 unspecified atom stereocenters. The smallest absolute Gasteiger partial charge is 0.255 e. The first kappa shape index (κ1) is 14.6. The molecule has 0 spiro atoms. The Hall–Kier alpha value is -3.01. The Labute approximate surface area is 140 Å². The third kappa shape index (κ3) is 2.36. The van der Waals surface area contributed by atoms with Gasteiger partial charge in [0, 0.05) is 34.7 Å². The van der Waals surface area contributed by atoms with Gasteiger partial charge in [0.2, 0.25) is 0 Å². The summed E-state index contributed by atoms with van der Waals surface area (Å²) in [6, 6.07) is 15.5. The normalized spacial score (nSPS) is 14.2. The number of benzene rings is 2. The van der Waals surface area contributed by atoms with E-state index in [1.165, 1.54) is 11.6 Å². The summed E-state index contributed by atoms with van der Waals surface area (Å²) in [5, 5.41) is 11.4. The summed E-state index contributed by atoms with van der Waals surface area (Å²) < 4.78 is 0. The fourth-order valence-corrected chi connectivity index (χ4v) is 3.31. The van der Waals surface area contributed by atoms with Crippen LogP contribution in [0.5, 0.6) is 0 Å². The number of aromatic nitrogens is 1. The summed E-state index contributed by atoms with van der Waals surface area (Å²) in [6.07, 6.45) is 2.12. The minimum Gasteiger partial charge on any atom is -0.507 e. The van der Waals surface area contributed by atoms with Crippen molar-refractivity contribution < 1.29 is 9.90 Å². The largest absolute Gasteiger partial charge is 0.507 e. The SMILES string of the molecule is Cc1cccc(/C(O)=C/C(=O)N2CCc3c2[nH]c2ccccc32)c1. The van der Waals surface area contributed by atoms with Crippen LogP contribution in [-0.4, -0.2) is 22.5 Å². The van der Waals surface area contributed by atoms with Crippen LogP contribution in [-0.2, 0) is 11.2 Å². The van der Waals surface area contributed by atoms with Crippen LogP contribution < -0.4 is 4.90 Å². The number of aryl methyl sites for hydroxylation is 1. The maximum atomic E-state index is 12.6. The number of rotatable bonds is 2. The lowest BCUT2D eigenvalue weighted by atomic mass is 10.1. The summed E-state index contributed by atoms with van der Waals surface area (Å²) in [6.45, 7) is 2.58. The molecule has 1 aliphatic rings. The first-order chi connectivity index (χ1) is 11.6. The van der Waals surface area contributed by atoms with Gasteiger partial charge in [0.1, 0.15) is 11.6 Å². The van der Waals surface area contributed by atoms with E-state index in [1.807, 2.05) is 43.3 Å². The van der Waals surface area contributed by atoms with Crippen molar-refractivity contribution in [1.82, 2.24) is 4.98 Å². The highest BCUT2D eigenvalue weighted by atomic mass is 16.3. The zero-order valence-electron chi connectivity index (χ0n) is 13.4. The van der Waals surface area contributed by atoms with Gasteiger partial charge >= 0.3 is 0 Å². The van der Waals surface area contributed by atoms with Crippen LogP contribution in [0.1, 0.15) is 16.7 Å². The number of hydrogen-bond acceptors (Lipinski definition) is 2. The second-order valence-electron chi connectivity index (χ2n) is 6.14. The fourth-order valence-electron chi connectivity index (χ4n) is 3.31. The van der Waals surface area contributed by atoms with E-state index in [0.717, 1.165) is 28.7 Å². The molecule has 0 atom stereocenters. The Morgan fingerprint density at radius 2 is 2.04 bits per heavy atom. The highest BCUT2D eigenvalue weighted by Gasteiger charge is 2.27. The Balaban J connectivity index is 1.66. The third-order valence-corrected chi connectivity index (χ3v) is 4.49. The van der Waals surface area contributed by atoms with Crippen molar-refractivity contribution >= 4 is 28.4 Å². The molecule has 4 nitrogen and oxygen atoms in total. The summed E-state index contributed by atoms with van der Waals surface area (Å²) in [7, 11) is 0. The van der Waals surface area contributed by atoms with Gasteiger partial charge in [-0.1, -0.05) is 42.0 Å². The summed E-state index contributed by atoms with van der Waals surface area (Å²) >= 11 is 0. The van der Waals surface area contributed by atoms with E-state index in [1.54, 1.807) is 11.0 Å². The molecule has 0 aliphatic carbocycles. The highest BCUT2D eigenvalue weighted by Crippen LogP contribution is 2.34. The van der Waals surface area contributed by atoms with Crippen molar-refractivity contribution in [3.63, 3.8) is 0 Å². The number of aromatic amines is 1. The number of H-pyrrole nitrogens is 1. The summed E-state index contributed by atoms with van der Waals surface area (Å²) in [5.41, 5.74) is 3.90. The van der Waals surface area contributed by atoms with Crippen molar-refractivity contribution in [2.45, 2.75) is 13.3 Å². The van der Waals surface area contributed by atoms with Gasteiger partial charge in [0.05, 0.1) is 0 Å². The Kier molecular flexibility index (Phi) is 3.38. The standard InChI is InChI=1S/C20H18N2O2/c1-13-5-4-6-14(11-13)18(23)12-19(24)22-10-9-16-15-7-2-3-8-17(15)21-20(16)22/h2-8,11-12,21,23H,9-10H2,1H3/b18-12-. The van der Waals surface area contributed by atoms with E-state index in [0.29, 0.717) is 12.1 Å². The van der Waals surface area contributed by atoms with Gasteiger partial charge in [0.15, 0.2) is 0 Å². The second kappa shape index (κ2) is 5.57. The minimum atomic E-state index is -0.209. The predicted octanol–water partition coefficient (Wildman–Crippen LogP) is 3.96. The molecule has 24 heavy (non-hydrogen) atoms. The van der Waals surface area contributed by atoms with Gasteiger partial charge in [-0.05, 0) is 25.5 Å². The average molecular weight is 318 g/mol. The number of nitrogens with zero attached hydrogens (tertiary/aromatic N) is 1. The Bertz CT molecular complexity index is 969. The zero-order valence-corrected chi connectivity index (χ0v) is 13.4. The number of para-hydroxylation sites is 1. The number of carbonyl (C=O) groups is 1. The average Bonchev–Trinajstić information content (AvgIpc) is 3.13. The molecular formula is C20H18N2O2. The van der Waals surface area contributed by atoms with Crippen LogP contribution in [0.2, 0.25) is 0 Å². The molecule has 0 saturated carbocycles. The molecule has 3 aromatic rings. The van der Waals surface area contributed by atoms with Crippen LogP contribution in [0.15, 0.2) is 54.6 Å². The van der Waals surface area contributed by atoms with E-state index in [4.69, 9.17) is 0 Å². The lowest BCUT2D eigenvalue weighted by Gasteiger charge is -2.14. The first-order valence-corrected chi connectivity index (χ1v) is 8.02. The molecule has 2 aromatic carbocycles. The molecule has 2 N–H and O–H groups in total. The number of anilines is 1. The van der Waals surface area contributed by atoms with E-state index < -0.39 is 0 Å². The van der Waals surface area contributed by atoms with Crippen molar-refractivity contribution in [3.05, 3.63) is 71.3 Å². The van der Waals surface area contributed by atoms with E-state index >= 15 is 0 Å². The molecule has 0 fully saturated rings. The number of amides is 1. The van der Waals surface area contributed by atoms with E-state index in [-0.39, 0.29) is 11.7 Å². The van der Waals surface area contributed by atoms with Crippen molar-refractivity contribution in [1.29, 1.82) is 0 Å². The molecule has 0 radical (unpaired) electrons. The van der Waals surface area contributed by atoms with Crippen LogP contribution in [0.3, 0.4) is 0 Å². The van der Waals surface area contributed by atoms with Crippen molar-refractivity contribution in [2.75, 3.05) is 11.4 Å². The number of fused-ring (bicyclic) bond motifs is 3. The van der Waals surface area contributed by atoms with Crippen LogP contribution >= 0.6 is 0 Å². The van der Waals surface area contributed by atoms with Gasteiger partial charge in [0.25, 0.3) is 5.91 Å². The molecule has 1 amide bonds. The van der Waals surface area contributed by atoms with Crippen LogP contribution in [0.4, 0.5) is 5.82 Å². The van der Waals surface area contributed by atoms with Gasteiger partial charge in [-0.2, -0.15) is 0 Å². The quantitative estimate of drug-likeness (QED) is 0.555. The van der Waals surface area contributed by atoms with E-state index in [2.05, 4.69) is 11.1 Å². The number of carbonyl (C=O) groups excluding carboxylic acids is 1. The molecular weight excluding hydrogens is 300 g/mol. The number of aliphatic hydroxyl groups is 1. The molecule has 0 saturated heterocycles. The van der Waals surface area contributed by atoms with Gasteiger partial charge in [-0.3, -0.25) is 9.69 Å². The first-order valence-electron chi connectivity index (χ1n) is 8.02. The Morgan fingerprint density at radius 3 is 2.88 bits per heavy atom. The lowest BCUT2D eigenvalue weighted by molar-refractivity contribution is -0.114. The second-order valence-corrected chi connectivity index (χ2v) is 6.14. The molecule has 2 heterocycles. The van der Waals surface area contributed by atoms with Gasteiger partial charge < -0.3 is 10.1 Å². The Morgan fingerprint density at radius 1 is 1.21 bits per heavy atom. The van der Waals surface area contributed by atoms with Crippen LogP contribution in [0, 0.1) is 6.92 Å². The molecule has 120 valence electrons. The van der Waals surface area contributed by atoms with Crippen LogP contribution in [0.25, 0.3) is 16.7 Å². The molecule has 4 heteroatoms. The van der Waals surface area contributed by atoms with Gasteiger partial charge in [-0.25, -0.2) is 0 Å². The third-order valence-electron chi connectivity index (χ3n) is 4.49. The maximum Gasteiger partial charge on any atom is 0.255 e. The molecule has 4 rings (SSSR count). The maximum absolute atomic E-state index is 12.6. The highest BCUT2D eigenvalue weighted by molar-refractivity contribution is 6.07. The molecule has 0 bridgehead atoms. The lowest BCUT2D eigenvalue weighted by Crippen LogP contribution is -2.27. The zero-order chi connectivity index (χ0) is 16.7. The monoisotopic (exact) mass is 318 g/mol. The summed E-state index contributed by atoms with van der Waals surface area (Å²) in [4.78, 5) is 17.6.